The summed E-state index contributed by atoms with van der Waals surface area (Å²) in [5, 5.41) is 0.876. The van der Waals surface area contributed by atoms with Gasteiger partial charge in [-0.15, -0.1) is 0 Å². The Balaban J connectivity index is 2.34. The zero-order valence-electron chi connectivity index (χ0n) is 13.0. The van der Waals surface area contributed by atoms with Crippen LogP contribution in [-0.2, 0) is 4.79 Å². The molecule has 2 unspecified atom stereocenters. The maximum Gasteiger partial charge on any atom is 0.147 e. The summed E-state index contributed by atoms with van der Waals surface area (Å²) in [6.45, 7) is 7.56. The van der Waals surface area contributed by atoms with E-state index in [9.17, 15) is 4.79 Å². The van der Waals surface area contributed by atoms with Crippen molar-refractivity contribution in [2.45, 2.75) is 39.5 Å². The molecule has 2 aromatic rings. The predicted molar refractivity (Wildman–Crippen MR) is 89.8 cm³/mol. The molecule has 0 bridgehead atoms. The third-order valence-corrected chi connectivity index (χ3v) is 4.92. The zero-order chi connectivity index (χ0) is 16.4. The molecule has 116 valence electrons. The second kappa shape index (κ2) is 6.76. The number of nitrogens with zero attached hydrogens (tertiary/aromatic N) is 2. The highest BCUT2D eigenvalue weighted by Crippen LogP contribution is 2.31. The number of carbonyl (C=O) groups excluding carboxylic acids is 1. The minimum absolute atomic E-state index is 0.121. The highest BCUT2D eigenvalue weighted by Gasteiger charge is 2.26. The zero-order valence-corrected chi connectivity index (χ0v) is 14.5. The molecule has 0 aliphatic rings. The summed E-state index contributed by atoms with van der Waals surface area (Å²) in [4.78, 5) is 20.9. The topological polar surface area (TPSA) is 42.9 Å². The van der Waals surface area contributed by atoms with Crippen molar-refractivity contribution in [2.24, 2.45) is 0 Å². The molecule has 0 amide bonds. The number of carbonyl (C=O) groups is 1. The monoisotopic (exact) mass is 336 g/mol. The number of hydrogen-bond acceptors (Lipinski definition) is 3. The average Bonchev–Trinajstić information content (AvgIpc) is 2.50. The van der Waals surface area contributed by atoms with Crippen molar-refractivity contribution in [3.05, 3.63) is 57.1 Å². The summed E-state index contributed by atoms with van der Waals surface area (Å²) < 4.78 is 0. The Morgan fingerprint density at radius 2 is 1.27 bits per heavy atom. The Morgan fingerprint density at radius 3 is 1.64 bits per heavy atom. The molecule has 0 saturated heterocycles. The van der Waals surface area contributed by atoms with E-state index in [2.05, 4.69) is 9.97 Å². The number of halogens is 2. The normalized spacial score (nSPS) is 13.7. The van der Waals surface area contributed by atoms with Crippen LogP contribution in [0.3, 0.4) is 0 Å². The number of hydrogen-bond donors (Lipinski definition) is 0. The third kappa shape index (κ3) is 3.16. The van der Waals surface area contributed by atoms with Crippen LogP contribution in [0.1, 0.15) is 47.9 Å². The predicted octanol–water partition coefficient (Wildman–Crippen LogP) is 4.88. The van der Waals surface area contributed by atoms with Crippen molar-refractivity contribution in [1.29, 1.82) is 0 Å². The van der Waals surface area contributed by atoms with Gasteiger partial charge in [0.05, 0.1) is 0 Å². The maximum atomic E-state index is 12.8. The number of aromatic nitrogens is 2. The van der Waals surface area contributed by atoms with E-state index in [-0.39, 0.29) is 17.6 Å². The van der Waals surface area contributed by atoms with E-state index in [4.69, 9.17) is 23.2 Å². The number of Topliss-reactive ketones (excluding diaryl/α,β-unsaturated/α-hetero) is 1. The molecule has 0 saturated carbocycles. The van der Waals surface area contributed by atoms with Crippen molar-refractivity contribution in [3.63, 3.8) is 0 Å². The molecule has 2 aromatic heterocycles. The molecule has 0 spiro atoms. The minimum atomic E-state index is -0.262. The van der Waals surface area contributed by atoms with Gasteiger partial charge in [0, 0.05) is 24.2 Å². The number of ketones is 1. The molecule has 0 aromatic carbocycles. The van der Waals surface area contributed by atoms with Crippen LogP contribution in [0.5, 0.6) is 0 Å². The van der Waals surface area contributed by atoms with Crippen molar-refractivity contribution >= 4 is 29.0 Å². The van der Waals surface area contributed by atoms with Gasteiger partial charge in [0.2, 0.25) is 0 Å². The van der Waals surface area contributed by atoms with Crippen molar-refractivity contribution in [1.82, 2.24) is 9.97 Å². The lowest BCUT2D eigenvalue weighted by Gasteiger charge is -2.20. The van der Waals surface area contributed by atoms with Crippen molar-refractivity contribution in [2.75, 3.05) is 0 Å². The first-order valence-electron chi connectivity index (χ1n) is 7.10. The maximum absolute atomic E-state index is 12.8. The number of rotatable bonds is 4. The van der Waals surface area contributed by atoms with Gasteiger partial charge in [0.25, 0.3) is 0 Å². The van der Waals surface area contributed by atoms with Crippen LogP contribution in [0.4, 0.5) is 0 Å². The molecule has 3 nitrogen and oxygen atoms in total. The van der Waals surface area contributed by atoms with E-state index in [0.717, 1.165) is 22.3 Å². The molecular formula is C17H18Cl2N2O. The molecule has 0 radical (unpaired) electrons. The fourth-order valence-corrected chi connectivity index (χ4v) is 3.00. The van der Waals surface area contributed by atoms with E-state index in [1.807, 2.05) is 39.8 Å². The molecule has 0 fully saturated rings. The Kier molecular flexibility index (Phi) is 5.20. The number of pyridine rings is 2. The lowest BCUT2D eigenvalue weighted by atomic mass is 9.84. The summed E-state index contributed by atoms with van der Waals surface area (Å²) in [5.74, 6) is -0.403. The van der Waals surface area contributed by atoms with Crippen LogP contribution in [0, 0.1) is 13.8 Å². The highest BCUT2D eigenvalue weighted by atomic mass is 35.5. The van der Waals surface area contributed by atoms with Gasteiger partial charge in [-0.05, 0) is 48.2 Å². The molecular weight excluding hydrogens is 319 g/mol. The van der Waals surface area contributed by atoms with Gasteiger partial charge in [-0.2, -0.15) is 0 Å². The summed E-state index contributed by atoms with van der Waals surface area (Å²) in [6.07, 6.45) is 3.27. The summed E-state index contributed by atoms with van der Waals surface area (Å²) in [7, 11) is 0. The smallest absolute Gasteiger partial charge is 0.147 e. The van der Waals surface area contributed by atoms with Crippen LogP contribution in [0.25, 0.3) is 0 Å². The fraction of sp³-hybridized carbons (Fsp3) is 0.353. The van der Waals surface area contributed by atoms with Gasteiger partial charge in [0.15, 0.2) is 0 Å². The quantitative estimate of drug-likeness (QED) is 0.747. The third-order valence-electron chi connectivity index (χ3n) is 4.16. The first-order chi connectivity index (χ1) is 10.3. The van der Waals surface area contributed by atoms with Crippen LogP contribution in [0.2, 0.25) is 10.3 Å². The Morgan fingerprint density at radius 1 is 0.909 bits per heavy atom. The lowest BCUT2D eigenvalue weighted by molar-refractivity contribution is -0.121. The van der Waals surface area contributed by atoms with Gasteiger partial charge in [-0.3, -0.25) is 4.79 Å². The van der Waals surface area contributed by atoms with Gasteiger partial charge < -0.3 is 0 Å². The van der Waals surface area contributed by atoms with E-state index < -0.39 is 0 Å². The molecule has 5 heteroatoms. The fourth-order valence-electron chi connectivity index (χ4n) is 2.67. The van der Waals surface area contributed by atoms with Crippen molar-refractivity contribution in [3.8, 4) is 0 Å². The second-order valence-corrected chi connectivity index (χ2v) is 6.19. The Hall–Kier alpha value is -1.45. The molecule has 2 rings (SSSR count). The minimum Gasteiger partial charge on any atom is -0.298 e. The molecule has 22 heavy (non-hydrogen) atoms. The summed E-state index contributed by atoms with van der Waals surface area (Å²) >= 11 is 12.1. The summed E-state index contributed by atoms with van der Waals surface area (Å²) in [5.41, 5.74) is 3.52. The molecule has 2 atom stereocenters. The van der Waals surface area contributed by atoms with E-state index >= 15 is 0 Å². The van der Waals surface area contributed by atoms with Gasteiger partial charge in [-0.25, -0.2) is 9.97 Å². The standard InChI is InChI=1S/C17H18Cl2N2O/c1-9(13-5-7-20-16(18)11(13)3)15(22)10(2)14-6-8-21-17(19)12(14)4/h5-10H,1-4H3. The van der Waals surface area contributed by atoms with Gasteiger partial charge >= 0.3 is 0 Å². The average molecular weight is 337 g/mol. The van der Waals surface area contributed by atoms with Crippen molar-refractivity contribution < 1.29 is 4.79 Å². The first-order valence-corrected chi connectivity index (χ1v) is 7.86. The van der Waals surface area contributed by atoms with Crippen LogP contribution in [0.15, 0.2) is 24.5 Å². The van der Waals surface area contributed by atoms with E-state index in [1.165, 1.54) is 0 Å². The van der Waals surface area contributed by atoms with Gasteiger partial charge in [0.1, 0.15) is 16.1 Å². The molecule has 0 aliphatic carbocycles. The highest BCUT2D eigenvalue weighted by molar-refractivity contribution is 6.30. The largest absolute Gasteiger partial charge is 0.298 e. The van der Waals surface area contributed by atoms with E-state index in [1.54, 1.807) is 12.4 Å². The molecule has 0 N–H and O–H groups in total. The first kappa shape index (κ1) is 16.9. The van der Waals surface area contributed by atoms with Crippen LogP contribution in [-0.4, -0.2) is 15.8 Å². The van der Waals surface area contributed by atoms with Crippen LogP contribution >= 0.6 is 23.2 Å². The van der Waals surface area contributed by atoms with Gasteiger partial charge in [-0.1, -0.05) is 37.0 Å². The molecule has 2 heterocycles. The summed E-state index contributed by atoms with van der Waals surface area (Å²) in [6, 6.07) is 3.70. The molecule has 0 aliphatic heterocycles. The lowest BCUT2D eigenvalue weighted by Crippen LogP contribution is -2.18. The Bertz CT molecular complexity index is 656. The second-order valence-electron chi connectivity index (χ2n) is 5.48. The Labute approximate surface area is 140 Å². The van der Waals surface area contributed by atoms with E-state index in [0.29, 0.717) is 10.3 Å². The SMILES string of the molecule is Cc1c(C(C)C(=O)C(C)c2ccnc(Cl)c2C)ccnc1Cl. The van der Waals surface area contributed by atoms with Crippen LogP contribution < -0.4 is 0 Å².